The number of nitrogens with zero attached hydrogens (tertiary/aromatic N) is 1. The maximum Gasteiger partial charge on any atom is 0.0642 e. The largest absolute Gasteiger partial charge is 0.383 e. The Morgan fingerprint density at radius 3 is 2.33 bits per heavy atom. The van der Waals surface area contributed by atoms with E-state index in [0.717, 1.165) is 6.54 Å². The lowest BCUT2D eigenvalue weighted by atomic mass is 9.64. The number of ether oxygens (including phenoxy) is 1. The van der Waals surface area contributed by atoms with Crippen molar-refractivity contribution in [1.82, 2.24) is 0 Å². The molecule has 3 aromatic carbocycles. The molecule has 2 heteroatoms. The predicted molar refractivity (Wildman–Crippen MR) is 170 cm³/mol. The van der Waals surface area contributed by atoms with Crippen molar-refractivity contribution < 1.29 is 4.74 Å². The molecule has 1 aliphatic heterocycles. The van der Waals surface area contributed by atoms with E-state index in [1.54, 1.807) is 5.56 Å². The summed E-state index contributed by atoms with van der Waals surface area (Å²) in [5.74, 6) is 0. The maximum atomic E-state index is 5.62. The number of allylic oxidation sites excluding steroid dienone is 5. The molecule has 0 atom stereocenters. The highest BCUT2D eigenvalue weighted by Gasteiger charge is 2.48. The molecule has 0 saturated heterocycles. The SMILES string of the molecule is C=C(/C=C/C=C1/N(CCOC)c2ccc3ccccc3c2C12CCCCC2)C1(c2ccccc2C)CCCCC1. The second-order valence-corrected chi connectivity index (χ2v) is 12.4. The smallest absolute Gasteiger partial charge is 0.0642 e. The van der Waals surface area contributed by atoms with Gasteiger partial charge in [-0.1, -0.05) is 112 Å². The van der Waals surface area contributed by atoms with E-state index < -0.39 is 0 Å². The predicted octanol–water partition coefficient (Wildman–Crippen LogP) is 9.71. The minimum Gasteiger partial charge on any atom is -0.383 e. The molecule has 0 radical (unpaired) electrons. The Kier molecular flexibility index (Phi) is 7.73. The van der Waals surface area contributed by atoms with Gasteiger partial charge in [0.1, 0.15) is 0 Å². The van der Waals surface area contributed by atoms with Gasteiger partial charge in [-0.25, -0.2) is 0 Å². The van der Waals surface area contributed by atoms with Gasteiger partial charge in [0.25, 0.3) is 0 Å². The van der Waals surface area contributed by atoms with Crippen molar-refractivity contribution in [2.24, 2.45) is 0 Å². The molecule has 2 nitrogen and oxygen atoms in total. The first-order chi connectivity index (χ1) is 19.6. The normalized spacial score (nSPS) is 20.9. The highest BCUT2D eigenvalue weighted by Crippen LogP contribution is 2.57. The minimum atomic E-state index is 0.0473. The molecule has 0 amide bonds. The van der Waals surface area contributed by atoms with E-state index in [0.29, 0.717) is 6.61 Å². The fraction of sp³-hybridized carbons (Fsp3) is 0.421. The number of benzene rings is 3. The standard InChI is InChI=1S/C38H45NO/c1-29-15-6-9-19-33(29)37(23-10-4-11-24-37)30(2)16-14-20-35-38(25-12-5-13-26-38)36-32-18-8-7-17-31(32)21-22-34(36)39(35)27-28-40-3/h6-9,14-22H,2,4-5,10-13,23-28H2,1,3H3/b16-14+,35-20+. The van der Waals surface area contributed by atoms with E-state index in [-0.39, 0.29) is 10.8 Å². The molecule has 40 heavy (non-hydrogen) atoms. The summed E-state index contributed by atoms with van der Waals surface area (Å²) in [6, 6.07) is 22.6. The van der Waals surface area contributed by atoms with Crippen molar-refractivity contribution in [3.63, 3.8) is 0 Å². The van der Waals surface area contributed by atoms with Crippen molar-refractivity contribution in [3.05, 3.63) is 113 Å². The molecule has 0 bridgehead atoms. The summed E-state index contributed by atoms with van der Waals surface area (Å²) in [7, 11) is 1.82. The molecule has 1 spiro atoms. The lowest BCUT2D eigenvalue weighted by Crippen LogP contribution is -2.34. The lowest BCUT2D eigenvalue weighted by Gasteiger charge is -2.40. The molecule has 3 aliphatic rings. The second-order valence-electron chi connectivity index (χ2n) is 12.4. The van der Waals surface area contributed by atoms with E-state index in [2.05, 4.69) is 90.7 Å². The lowest BCUT2D eigenvalue weighted by molar-refractivity contribution is 0.206. The monoisotopic (exact) mass is 531 g/mol. The van der Waals surface area contributed by atoms with Crippen molar-refractivity contribution in [1.29, 1.82) is 0 Å². The molecule has 1 heterocycles. The number of hydrogen-bond acceptors (Lipinski definition) is 2. The van der Waals surface area contributed by atoms with E-state index in [1.165, 1.54) is 103 Å². The van der Waals surface area contributed by atoms with Gasteiger partial charge in [-0.15, -0.1) is 0 Å². The Labute approximate surface area is 241 Å². The summed E-state index contributed by atoms with van der Waals surface area (Å²) in [6.07, 6.45) is 19.7. The van der Waals surface area contributed by atoms with E-state index in [9.17, 15) is 0 Å². The van der Waals surface area contributed by atoms with Crippen LogP contribution in [0.4, 0.5) is 5.69 Å². The van der Waals surface area contributed by atoms with Crippen LogP contribution in [0.3, 0.4) is 0 Å². The van der Waals surface area contributed by atoms with Gasteiger partial charge in [-0.3, -0.25) is 0 Å². The zero-order valence-electron chi connectivity index (χ0n) is 24.6. The summed E-state index contributed by atoms with van der Waals surface area (Å²) < 4.78 is 5.62. The summed E-state index contributed by atoms with van der Waals surface area (Å²) in [5.41, 5.74) is 8.61. The molecule has 2 aliphatic carbocycles. The number of rotatable bonds is 7. The van der Waals surface area contributed by atoms with Gasteiger partial charge in [0, 0.05) is 35.9 Å². The summed E-state index contributed by atoms with van der Waals surface area (Å²) in [5, 5.41) is 2.77. The zero-order valence-corrected chi connectivity index (χ0v) is 24.6. The molecule has 208 valence electrons. The van der Waals surface area contributed by atoms with E-state index in [4.69, 9.17) is 11.3 Å². The summed E-state index contributed by atoms with van der Waals surface area (Å²) in [6.45, 7) is 8.59. The van der Waals surface area contributed by atoms with E-state index >= 15 is 0 Å². The van der Waals surface area contributed by atoms with Gasteiger partial charge in [-0.2, -0.15) is 0 Å². The molecule has 3 aromatic rings. The van der Waals surface area contributed by atoms with Crippen LogP contribution < -0.4 is 4.90 Å². The quantitative estimate of drug-likeness (QED) is 0.281. The average molecular weight is 532 g/mol. The Balaban J connectivity index is 1.43. The van der Waals surface area contributed by atoms with Gasteiger partial charge in [-0.05, 0) is 77.8 Å². The Hall–Kier alpha value is -3.10. The minimum absolute atomic E-state index is 0.0473. The van der Waals surface area contributed by atoms with Gasteiger partial charge < -0.3 is 9.64 Å². The van der Waals surface area contributed by atoms with Gasteiger partial charge >= 0.3 is 0 Å². The van der Waals surface area contributed by atoms with Crippen molar-refractivity contribution in [2.75, 3.05) is 25.2 Å². The van der Waals surface area contributed by atoms with Gasteiger partial charge in [0.15, 0.2) is 0 Å². The molecule has 0 N–H and O–H groups in total. The summed E-state index contributed by atoms with van der Waals surface area (Å²) in [4.78, 5) is 2.57. The molecular formula is C38H45NO. The zero-order chi connectivity index (χ0) is 27.6. The number of methoxy groups -OCH3 is 1. The number of hydrogen-bond donors (Lipinski definition) is 0. The Morgan fingerprint density at radius 2 is 1.57 bits per heavy atom. The van der Waals surface area contributed by atoms with Crippen molar-refractivity contribution >= 4 is 16.5 Å². The Bertz CT molecular complexity index is 1430. The molecule has 6 rings (SSSR count). The highest BCUT2D eigenvalue weighted by molar-refractivity contribution is 5.95. The Morgan fingerprint density at radius 1 is 0.875 bits per heavy atom. The van der Waals surface area contributed by atoms with E-state index in [1.807, 2.05) is 7.11 Å². The third-order valence-electron chi connectivity index (χ3n) is 10.2. The van der Waals surface area contributed by atoms with Gasteiger partial charge in [0.2, 0.25) is 0 Å². The first-order valence-corrected chi connectivity index (χ1v) is 15.5. The van der Waals surface area contributed by atoms with Crippen molar-refractivity contribution in [3.8, 4) is 0 Å². The van der Waals surface area contributed by atoms with Crippen molar-refractivity contribution in [2.45, 2.75) is 82.0 Å². The topological polar surface area (TPSA) is 12.5 Å². The number of aryl methyl sites for hydroxylation is 1. The molecular weight excluding hydrogens is 486 g/mol. The fourth-order valence-electron chi connectivity index (χ4n) is 8.28. The van der Waals surface area contributed by atoms with Crippen LogP contribution in [0.15, 0.2) is 96.7 Å². The van der Waals surface area contributed by atoms with Crippen LogP contribution in [-0.2, 0) is 15.6 Å². The first-order valence-electron chi connectivity index (χ1n) is 15.5. The van der Waals surface area contributed by atoms with Crippen LogP contribution in [0.5, 0.6) is 0 Å². The first kappa shape index (κ1) is 27.1. The molecule has 2 saturated carbocycles. The van der Waals surface area contributed by atoms with Crippen LogP contribution in [0.2, 0.25) is 0 Å². The number of fused-ring (bicyclic) bond motifs is 4. The van der Waals surface area contributed by atoms with Crippen LogP contribution in [-0.4, -0.2) is 20.3 Å². The fourth-order valence-corrected chi connectivity index (χ4v) is 8.28. The summed E-state index contributed by atoms with van der Waals surface area (Å²) >= 11 is 0. The third kappa shape index (κ3) is 4.55. The molecule has 0 aromatic heterocycles. The molecule has 0 unspecified atom stereocenters. The van der Waals surface area contributed by atoms with Crippen LogP contribution >= 0.6 is 0 Å². The van der Waals surface area contributed by atoms with Crippen LogP contribution in [0.1, 0.15) is 80.9 Å². The van der Waals surface area contributed by atoms with Gasteiger partial charge in [0.05, 0.1) is 6.61 Å². The third-order valence-corrected chi connectivity index (χ3v) is 10.2. The second kappa shape index (κ2) is 11.4. The van der Waals surface area contributed by atoms with Crippen LogP contribution in [0.25, 0.3) is 10.8 Å². The number of anilines is 1. The molecule has 2 fully saturated rings. The van der Waals surface area contributed by atoms with Crippen LogP contribution in [0, 0.1) is 6.92 Å². The average Bonchev–Trinajstić information content (AvgIpc) is 3.24. The maximum absolute atomic E-state index is 5.62. The highest BCUT2D eigenvalue weighted by atomic mass is 16.5.